The van der Waals surface area contributed by atoms with Gasteiger partial charge in [0.05, 0.1) is 5.02 Å². The van der Waals surface area contributed by atoms with Gasteiger partial charge in [-0.15, -0.1) is 0 Å². The predicted octanol–water partition coefficient (Wildman–Crippen LogP) is 4.69. The average molecular weight is 302 g/mol. The van der Waals surface area contributed by atoms with Gasteiger partial charge in [0.1, 0.15) is 0 Å². The minimum Gasteiger partial charge on any atom is -0.451 e. The molecule has 0 atom stereocenters. The number of ketones is 1. The van der Waals surface area contributed by atoms with Crippen LogP contribution in [-0.4, -0.2) is 5.78 Å². The molecule has 4 heteroatoms. The Morgan fingerprint density at radius 1 is 1.38 bits per heavy atom. The van der Waals surface area contributed by atoms with Crippen LogP contribution in [0.2, 0.25) is 5.02 Å². The van der Waals surface area contributed by atoms with Crippen molar-refractivity contribution in [2.45, 2.75) is 13.8 Å². The molecule has 0 amide bonds. The number of rotatable bonds is 2. The van der Waals surface area contributed by atoms with Gasteiger partial charge in [0, 0.05) is 15.8 Å². The number of furan rings is 1. The second-order valence-corrected chi connectivity index (χ2v) is 5.26. The first kappa shape index (κ1) is 11.7. The summed E-state index contributed by atoms with van der Waals surface area (Å²) in [5.74, 6) is 0.274. The number of hydrogen-bond donors (Lipinski definition) is 0. The van der Waals surface area contributed by atoms with E-state index in [4.69, 9.17) is 16.0 Å². The summed E-state index contributed by atoms with van der Waals surface area (Å²) in [6, 6.07) is 5.35. The molecule has 0 N–H and O–H groups in total. The number of carbonyl (C=O) groups is 1. The largest absolute Gasteiger partial charge is 0.451 e. The van der Waals surface area contributed by atoms with Crippen LogP contribution in [0, 0.1) is 5.92 Å². The van der Waals surface area contributed by atoms with Gasteiger partial charge in [-0.05, 0) is 18.2 Å². The Morgan fingerprint density at radius 2 is 2.06 bits per heavy atom. The lowest BCUT2D eigenvalue weighted by atomic mass is 10.1. The van der Waals surface area contributed by atoms with Crippen molar-refractivity contribution >= 4 is 44.3 Å². The molecule has 0 spiro atoms. The minimum atomic E-state index is -0.0808. The van der Waals surface area contributed by atoms with Crippen molar-refractivity contribution in [1.82, 2.24) is 0 Å². The molecule has 2 rings (SSSR count). The van der Waals surface area contributed by atoms with Crippen molar-refractivity contribution in [1.29, 1.82) is 0 Å². The van der Waals surface area contributed by atoms with E-state index in [0.29, 0.717) is 16.4 Å². The molecule has 1 heterocycles. The number of hydrogen-bond acceptors (Lipinski definition) is 2. The second-order valence-electron chi connectivity index (χ2n) is 3.94. The molecular formula is C12H10BrClO2. The Kier molecular flexibility index (Phi) is 3.08. The molecule has 0 radical (unpaired) electrons. The highest BCUT2D eigenvalue weighted by Gasteiger charge is 2.17. The molecule has 0 saturated carbocycles. The Hall–Kier alpha value is -0.800. The van der Waals surface area contributed by atoms with E-state index in [2.05, 4.69) is 15.9 Å². The van der Waals surface area contributed by atoms with Crippen molar-refractivity contribution in [2.24, 2.45) is 5.92 Å². The Morgan fingerprint density at radius 3 is 2.69 bits per heavy atom. The van der Waals surface area contributed by atoms with E-state index < -0.39 is 0 Å². The molecule has 0 bridgehead atoms. The van der Waals surface area contributed by atoms with Crippen molar-refractivity contribution in [3.8, 4) is 0 Å². The van der Waals surface area contributed by atoms with Gasteiger partial charge >= 0.3 is 0 Å². The van der Waals surface area contributed by atoms with Crippen LogP contribution in [0.1, 0.15) is 24.4 Å². The third-order valence-electron chi connectivity index (χ3n) is 2.30. The molecule has 0 saturated heterocycles. The van der Waals surface area contributed by atoms with Gasteiger partial charge in [-0.2, -0.15) is 0 Å². The van der Waals surface area contributed by atoms with Crippen molar-refractivity contribution < 1.29 is 9.21 Å². The van der Waals surface area contributed by atoms with Crippen LogP contribution in [0.25, 0.3) is 11.0 Å². The van der Waals surface area contributed by atoms with E-state index in [1.165, 1.54) is 0 Å². The molecule has 0 aliphatic heterocycles. The van der Waals surface area contributed by atoms with E-state index in [1.807, 2.05) is 19.9 Å². The highest BCUT2D eigenvalue weighted by molar-refractivity contribution is 9.10. The second kappa shape index (κ2) is 4.22. The maximum absolute atomic E-state index is 11.8. The topological polar surface area (TPSA) is 30.2 Å². The van der Waals surface area contributed by atoms with E-state index in [-0.39, 0.29) is 11.7 Å². The quantitative estimate of drug-likeness (QED) is 0.753. The standard InChI is InChI=1S/C12H10BrClO2/c1-6(2)11(15)10-4-7-3-8(13)5-9(14)12(7)16-10/h3-6H,1-2H3. The summed E-state index contributed by atoms with van der Waals surface area (Å²) in [5, 5.41) is 1.34. The Balaban J connectivity index is 2.60. The van der Waals surface area contributed by atoms with Crippen LogP contribution in [0.4, 0.5) is 0 Å². The molecular weight excluding hydrogens is 291 g/mol. The fourth-order valence-corrected chi connectivity index (χ4v) is 2.35. The third kappa shape index (κ3) is 2.02. The summed E-state index contributed by atoms with van der Waals surface area (Å²) in [6.07, 6.45) is 0. The zero-order valence-electron chi connectivity index (χ0n) is 8.88. The Bertz CT molecular complexity index is 557. The molecule has 0 fully saturated rings. The van der Waals surface area contributed by atoms with Crippen molar-refractivity contribution in [3.05, 3.63) is 33.5 Å². The van der Waals surface area contributed by atoms with Gasteiger partial charge in [-0.1, -0.05) is 41.4 Å². The number of benzene rings is 1. The lowest BCUT2D eigenvalue weighted by Crippen LogP contribution is -2.05. The Labute approximate surface area is 107 Å². The van der Waals surface area contributed by atoms with Crippen LogP contribution >= 0.6 is 27.5 Å². The number of Topliss-reactive ketones (excluding diaryl/α,β-unsaturated/α-hetero) is 1. The number of fused-ring (bicyclic) bond motifs is 1. The summed E-state index contributed by atoms with van der Waals surface area (Å²) < 4.78 is 6.34. The van der Waals surface area contributed by atoms with Crippen molar-refractivity contribution in [2.75, 3.05) is 0 Å². The molecule has 84 valence electrons. The van der Waals surface area contributed by atoms with Gasteiger partial charge in [0.2, 0.25) is 5.78 Å². The molecule has 0 aliphatic rings. The van der Waals surface area contributed by atoms with E-state index >= 15 is 0 Å². The van der Waals surface area contributed by atoms with Gasteiger partial charge in [0.25, 0.3) is 0 Å². The maximum Gasteiger partial charge on any atom is 0.200 e. The molecule has 16 heavy (non-hydrogen) atoms. The van der Waals surface area contributed by atoms with Crippen LogP contribution in [-0.2, 0) is 0 Å². The van der Waals surface area contributed by atoms with E-state index in [1.54, 1.807) is 12.1 Å². The summed E-state index contributed by atoms with van der Waals surface area (Å²) in [4.78, 5) is 11.8. The molecule has 0 unspecified atom stereocenters. The van der Waals surface area contributed by atoms with Crippen molar-refractivity contribution in [3.63, 3.8) is 0 Å². The van der Waals surface area contributed by atoms with Gasteiger partial charge in [0.15, 0.2) is 11.3 Å². The highest BCUT2D eigenvalue weighted by Crippen LogP contribution is 2.31. The van der Waals surface area contributed by atoms with Gasteiger partial charge in [-0.3, -0.25) is 4.79 Å². The van der Waals surface area contributed by atoms with Crippen LogP contribution in [0.15, 0.2) is 27.1 Å². The van der Waals surface area contributed by atoms with Gasteiger partial charge in [-0.25, -0.2) is 0 Å². The fourth-order valence-electron chi connectivity index (χ4n) is 1.48. The van der Waals surface area contributed by atoms with E-state index in [0.717, 1.165) is 9.86 Å². The molecule has 1 aromatic carbocycles. The summed E-state index contributed by atoms with van der Waals surface area (Å²) in [6.45, 7) is 3.68. The van der Waals surface area contributed by atoms with Crippen LogP contribution < -0.4 is 0 Å². The minimum absolute atomic E-state index is 0.0108. The maximum atomic E-state index is 11.8. The highest BCUT2D eigenvalue weighted by atomic mass is 79.9. The first-order valence-corrected chi connectivity index (χ1v) is 6.09. The summed E-state index contributed by atoms with van der Waals surface area (Å²) in [5.41, 5.74) is 0.564. The molecule has 2 nitrogen and oxygen atoms in total. The monoisotopic (exact) mass is 300 g/mol. The summed E-state index contributed by atoms with van der Waals surface area (Å²) in [7, 11) is 0. The fraction of sp³-hybridized carbons (Fsp3) is 0.250. The smallest absolute Gasteiger partial charge is 0.200 e. The predicted molar refractivity (Wildman–Crippen MR) is 68.1 cm³/mol. The van der Waals surface area contributed by atoms with Crippen LogP contribution in [0.3, 0.4) is 0 Å². The number of halogens is 2. The zero-order chi connectivity index (χ0) is 11.9. The third-order valence-corrected chi connectivity index (χ3v) is 3.04. The average Bonchev–Trinajstić information content (AvgIpc) is 2.60. The number of carbonyl (C=O) groups excluding carboxylic acids is 1. The van der Waals surface area contributed by atoms with Crippen LogP contribution in [0.5, 0.6) is 0 Å². The van der Waals surface area contributed by atoms with Gasteiger partial charge < -0.3 is 4.42 Å². The van der Waals surface area contributed by atoms with E-state index in [9.17, 15) is 4.79 Å². The SMILES string of the molecule is CC(C)C(=O)c1cc2cc(Br)cc(Cl)c2o1. The first-order chi connectivity index (χ1) is 7.49. The zero-order valence-corrected chi connectivity index (χ0v) is 11.2. The lowest BCUT2D eigenvalue weighted by molar-refractivity contribution is 0.0913. The molecule has 2 aromatic rings. The normalized spacial score (nSPS) is 11.3. The molecule has 1 aromatic heterocycles. The lowest BCUT2D eigenvalue weighted by Gasteiger charge is -1.98. The first-order valence-electron chi connectivity index (χ1n) is 4.92. The molecule has 0 aliphatic carbocycles. The summed E-state index contributed by atoms with van der Waals surface area (Å²) >= 11 is 9.37.